The number of aliphatic hydroxyl groups is 2. The maximum atomic E-state index is 10.4. The molecule has 2 heteroatoms. The lowest BCUT2D eigenvalue weighted by atomic mass is 10.0. The molecule has 0 saturated heterocycles. The van der Waals surface area contributed by atoms with Crippen molar-refractivity contribution >= 4 is 0 Å². The van der Waals surface area contributed by atoms with E-state index in [1.807, 2.05) is 18.2 Å². The Bertz CT molecular complexity index is 410. The fraction of sp³-hybridized carbons (Fsp3) is 0.625. The zero-order valence-corrected chi connectivity index (χ0v) is 10.8. The molecule has 0 heterocycles. The van der Waals surface area contributed by atoms with E-state index in [4.69, 9.17) is 0 Å². The van der Waals surface area contributed by atoms with Crippen LogP contribution in [0.5, 0.6) is 0 Å². The zero-order chi connectivity index (χ0) is 12.6. The van der Waals surface area contributed by atoms with Crippen LogP contribution in [0, 0.1) is 5.92 Å². The number of hydrogen-bond donors (Lipinski definition) is 2. The van der Waals surface area contributed by atoms with E-state index >= 15 is 0 Å². The molecule has 0 unspecified atom stereocenters. The van der Waals surface area contributed by atoms with E-state index in [1.165, 1.54) is 5.56 Å². The summed E-state index contributed by atoms with van der Waals surface area (Å²) in [5.74, 6) is 0.422. The minimum atomic E-state index is -0.443. The molecule has 0 radical (unpaired) electrons. The van der Waals surface area contributed by atoms with Crippen molar-refractivity contribution in [3.8, 4) is 0 Å². The molecule has 1 aromatic rings. The monoisotopic (exact) mass is 246 g/mol. The molecule has 2 aliphatic rings. The van der Waals surface area contributed by atoms with Crippen LogP contribution in [0.4, 0.5) is 0 Å². The molecule has 0 aromatic heterocycles. The summed E-state index contributed by atoms with van der Waals surface area (Å²) in [5, 5.41) is 20.2. The van der Waals surface area contributed by atoms with Gasteiger partial charge in [0.2, 0.25) is 0 Å². The first-order chi connectivity index (χ1) is 8.60. The molecule has 2 nitrogen and oxygen atoms in total. The van der Waals surface area contributed by atoms with E-state index in [1.54, 1.807) is 0 Å². The van der Waals surface area contributed by atoms with Crippen molar-refractivity contribution in [3.63, 3.8) is 0 Å². The second kappa shape index (κ2) is 4.36. The van der Waals surface area contributed by atoms with E-state index in [9.17, 15) is 10.2 Å². The second-order valence-corrected chi connectivity index (χ2v) is 6.25. The highest BCUT2D eigenvalue weighted by molar-refractivity contribution is 5.16. The second-order valence-electron chi connectivity index (χ2n) is 6.25. The van der Waals surface area contributed by atoms with Crippen LogP contribution in [0.2, 0.25) is 0 Å². The summed E-state index contributed by atoms with van der Waals surface area (Å²) in [6, 6.07) is 10.4. The van der Waals surface area contributed by atoms with Gasteiger partial charge in [-0.2, -0.15) is 0 Å². The van der Waals surface area contributed by atoms with Gasteiger partial charge in [-0.1, -0.05) is 30.3 Å². The summed E-state index contributed by atoms with van der Waals surface area (Å²) in [5.41, 5.74) is 0.502. The van der Waals surface area contributed by atoms with Crippen LogP contribution in [0.1, 0.15) is 44.1 Å². The van der Waals surface area contributed by atoms with Gasteiger partial charge in [-0.25, -0.2) is 0 Å². The van der Waals surface area contributed by atoms with Crippen LogP contribution >= 0.6 is 0 Å². The Balaban J connectivity index is 1.43. The molecule has 2 N–H and O–H groups in total. The molecular weight excluding hydrogens is 224 g/mol. The maximum absolute atomic E-state index is 10.4. The molecule has 98 valence electrons. The largest absolute Gasteiger partial charge is 0.390 e. The van der Waals surface area contributed by atoms with Crippen molar-refractivity contribution in [2.75, 3.05) is 0 Å². The van der Waals surface area contributed by atoms with E-state index in [2.05, 4.69) is 12.1 Å². The van der Waals surface area contributed by atoms with E-state index < -0.39 is 5.60 Å². The lowest BCUT2D eigenvalue weighted by Gasteiger charge is -2.12. The summed E-state index contributed by atoms with van der Waals surface area (Å²) >= 11 is 0. The summed E-state index contributed by atoms with van der Waals surface area (Å²) in [7, 11) is 0. The van der Waals surface area contributed by atoms with Crippen molar-refractivity contribution in [3.05, 3.63) is 35.9 Å². The average Bonchev–Trinajstić information content (AvgIpc) is 3.26. The third-order valence-corrected chi connectivity index (χ3v) is 4.67. The van der Waals surface area contributed by atoms with Crippen molar-refractivity contribution < 1.29 is 10.2 Å². The lowest BCUT2D eigenvalue weighted by Crippen LogP contribution is -2.14. The highest BCUT2D eigenvalue weighted by Crippen LogP contribution is 2.52. The molecule has 0 bridgehead atoms. The first-order valence-corrected chi connectivity index (χ1v) is 7.08. The van der Waals surface area contributed by atoms with Crippen LogP contribution in [0.25, 0.3) is 0 Å². The minimum Gasteiger partial charge on any atom is -0.390 e. The molecule has 2 atom stereocenters. The first-order valence-electron chi connectivity index (χ1n) is 7.08. The highest BCUT2D eigenvalue weighted by atomic mass is 16.3. The summed E-state index contributed by atoms with van der Waals surface area (Å²) in [6.45, 7) is 0. The molecule has 3 rings (SSSR count). The van der Waals surface area contributed by atoms with Gasteiger partial charge >= 0.3 is 0 Å². The molecule has 2 saturated carbocycles. The van der Waals surface area contributed by atoms with Crippen molar-refractivity contribution in [2.24, 2.45) is 5.92 Å². The Labute approximate surface area is 109 Å². The summed E-state index contributed by atoms with van der Waals surface area (Å²) in [6.07, 6.45) is 6.53. The predicted octanol–water partition coefficient (Wildman–Crippen LogP) is 2.68. The molecule has 1 aromatic carbocycles. The van der Waals surface area contributed by atoms with Gasteiger partial charge in [0.1, 0.15) is 0 Å². The van der Waals surface area contributed by atoms with Gasteiger partial charge in [0.25, 0.3) is 0 Å². The molecular formula is C16H22O2. The predicted molar refractivity (Wildman–Crippen MR) is 71.2 cm³/mol. The number of hydrogen-bond acceptors (Lipinski definition) is 2. The first kappa shape index (κ1) is 12.2. The van der Waals surface area contributed by atoms with E-state index in [0.29, 0.717) is 5.92 Å². The SMILES string of the molecule is OC1(CC[C@H]2C[C@@]2(O)CCc2ccccc2)CC1. The van der Waals surface area contributed by atoms with Gasteiger partial charge in [0.15, 0.2) is 0 Å². The molecule has 2 fully saturated rings. The van der Waals surface area contributed by atoms with Gasteiger partial charge in [0, 0.05) is 0 Å². The van der Waals surface area contributed by atoms with Crippen LogP contribution in [0.3, 0.4) is 0 Å². The van der Waals surface area contributed by atoms with Gasteiger partial charge < -0.3 is 10.2 Å². The number of benzene rings is 1. The van der Waals surface area contributed by atoms with Gasteiger partial charge in [-0.15, -0.1) is 0 Å². The van der Waals surface area contributed by atoms with Crippen molar-refractivity contribution in [2.45, 2.75) is 56.1 Å². The number of aryl methyl sites for hydroxylation is 1. The summed E-state index contributed by atoms with van der Waals surface area (Å²) in [4.78, 5) is 0. The fourth-order valence-electron chi connectivity index (χ4n) is 2.89. The van der Waals surface area contributed by atoms with Crippen LogP contribution in [0.15, 0.2) is 30.3 Å². The fourth-order valence-corrected chi connectivity index (χ4v) is 2.89. The van der Waals surface area contributed by atoms with Crippen molar-refractivity contribution in [1.82, 2.24) is 0 Å². The molecule has 2 aliphatic carbocycles. The Morgan fingerprint density at radius 1 is 1.06 bits per heavy atom. The zero-order valence-electron chi connectivity index (χ0n) is 10.8. The quantitative estimate of drug-likeness (QED) is 0.810. The Morgan fingerprint density at radius 3 is 2.44 bits per heavy atom. The minimum absolute atomic E-state index is 0.358. The third-order valence-electron chi connectivity index (χ3n) is 4.67. The average molecular weight is 246 g/mol. The van der Waals surface area contributed by atoms with Crippen LogP contribution < -0.4 is 0 Å². The maximum Gasteiger partial charge on any atom is 0.0683 e. The van der Waals surface area contributed by atoms with Crippen LogP contribution in [-0.4, -0.2) is 21.4 Å². The smallest absolute Gasteiger partial charge is 0.0683 e. The lowest BCUT2D eigenvalue weighted by molar-refractivity contribution is 0.103. The van der Waals surface area contributed by atoms with Crippen molar-refractivity contribution in [1.29, 1.82) is 0 Å². The van der Waals surface area contributed by atoms with E-state index in [0.717, 1.165) is 44.9 Å². The highest BCUT2D eigenvalue weighted by Gasteiger charge is 2.53. The van der Waals surface area contributed by atoms with Gasteiger partial charge in [-0.05, 0) is 56.4 Å². The molecule has 0 spiro atoms. The molecule has 0 aliphatic heterocycles. The number of rotatable bonds is 6. The Hall–Kier alpha value is -0.860. The van der Waals surface area contributed by atoms with Crippen LogP contribution in [-0.2, 0) is 6.42 Å². The van der Waals surface area contributed by atoms with Gasteiger partial charge in [0.05, 0.1) is 11.2 Å². The third kappa shape index (κ3) is 2.76. The summed E-state index contributed by atoms with van der Waals surface area (Å²) < 4.78 is 0. The Kier molecular flexibility index (Phi) is 2.95. The molecule has 0 amide bonds. The topological polar surface area (TPSA) is 40.5 Å². The normalized spacial score (nSPS) is 32.2. The molecule has 18 heavy (non-hydrogen) atoms. The Morgan fingerprint density at radius 2 is 1.78 bits per heavy atom. The van der Waals surface area contributed by atoms with Gasteiger partial charge in [-0.3, -0.25) is 0 Å². The van der Waals surface area contributed by atoms with E-state index in [-0.39, 0.29) is 5.60 Å². The standard InChI is InChI=1S/C16H22O2/c17-15(10-11-15)8-7-14-12-16(14,18)9-6-13-4-2-1-3-5-13/h1-5,14,17-18H,6-12H2/t14-,16-/m0/s1.